The van der Waals surface area contributed by atoms with E-state index in [0.717, 1.165) is 0 Å². The van der Waals surface area contributed by atoms with Crippen molar-refractivity contribution >= 4 is 22.6 Å². The Morgan fingerprint density at radius 1 is 1.33 bits per heavy atom. The zero-order chi connectivity index (χ0) is 6.69. The fourth-order valence-electron chi connectivity index (χ4n) is 0.567. The molecule has 0 aliphatic carbocycles. The quantitative estimate of drug-likeness (QED) is 0.458. The molecule has 1 heterocycles. The molecule has 0 saturated carbocycles. The molecule has 0 radical (unpaired) electrons. The molecule has 0 aromatic rings. The summed E-state index contributed by atoms with van der Waals surface area (Å²) in [7, 11) is 2.03. The number of nitrogens with zero attached hydrogens (tertiary/aromatic N) is 1. The maximum Gasteiger partial charge on any atom is 0.0795 e. The lowest BCUT2D eigenvalue weighted by Crippen LogP contribution is -2.03. The first-order chi connectivity index (χ1) is 4.30. The highest BCUT2D eigenvalue weighted by atomic mass is 127. The maximum atomic E-state index is 2.29. The van der Waals surface area contributed by atoms with Gasteiger partial charge in [-0.2, -0.15) is 0 Å². The van der Waals surface area contributed by atoms with Crippen molar-refractivity contribution in [1.82, 2.24) is 4.90 Å². The van der Waals surface area contributed by atoms with Crippen molar-refractivity contribution < 1.29 is 0 Å². The van der Waals surface area contributed by atoms with E-state index in [-0.39, 0.29) is 0 Å². The molecule has 0 N–H and O–H groups in total. The van der Waals surface area contributed by atoms with Crippen LogP contribution in [0.25, 0.3) is 0 Å². The summed E-state index contributed by atoms with van der Waals surface area (Å²) >= 11 is 2.29. The molecule has 0 amide bonds. The molecule has 0 atom stereocenters. The predicted octanol–water partition coefficient (Wildman–Crippen LogP) is 2.28. The summed E-state index contributed by atoms with van der Waals surface area (Å²) in [5, 5.41) is 0. The monoisotopic (exact) mass is 233 g/mol. The van der Waals surface area contributed by atoms with Crippen LogP contribution in [0, 0.1) is 0 Å². The Morgan fingerprint density at radius 3 is 2.89 bits per heavy atom. The number of hydrogen-bond donors (Lipinski definition) is 0. The molecule has 48 valence electrons. The van der Waals surface area contributed by atoms with Crippen LogP contribution in [-0.4, -0.2) is 11.9 Å². The van der Waals surface area contributed by atoms with Crippen molar-refractivity contribution in [2.75, 3.05) is 7.05 Å². The smallest absolute Gasteiger partial charge is 0.0795 e. The predicted molar refractivity (Wildman–Crippen MR) is 48.1 cm³/mol. The number of rotatable bonds is 0. The van der Waals surface area contributed by atoms with Crippen molar-refractivity contribution in [2.45, 2.75) is 0 Å². The molecule has 1 aliphatic rings. The summed E-state index contributed by atoms with van der Waals surface area (Å²) in [5.74, 6) is 0. The van der Waals surface area contributed by atoms with Gasteiger partial charge in [-0.1, -0.05) is 12.2 Å². The van der Waals surface area contributed by atoms with Gasteiger partial charge in [0.05, 0.1) is 3.70 Å². The summed E-state index contributed by atoms with van der Waals surface area (Å²) in [6, 6.07) is 0. The lowest BCUT2D eigenvalue weighted by molar-refractivity contribution is 0.620. The van der Waals surface area contributed by atoms with E-state index in [0.29, 0.717) is 0 Å². The summed E-state index contributed by atoms with van der Waals surface area (Å²) in [6.07, 6.45) is 10.2. The molecule has 2 heteroatoms. The van der Waals surface area contributed by atoms with Gasteiger partial charge in [-0.15, -0.1) is 0 Å². The average molecular weight is 233 g/mol. The summed E-state index contributed by atoms with van der Waals surface area (Å²) in [6.45, 7) is 0. The number of allylic oxidation sites excluding steroid dienone is 4. The van der Waals surface area contributed by atoms with Gasteiger partial charge in [0.25, 0.3) is 0 Å². The standard InChI is InChI=1S/C7H8IN/c1-9-6-4-2-3-5-7(9)8/h2-6H,1H3. The van der Waals surface area contributed by atoms with E-state index in [1.807, 2.05) is 31.5 Å². The molecule has 0 aromatic carbocycles. The fraction of sp³-hybridized carbons (Fsp3) is 0.143. The van der Waals surface area contributed by atoms with Crippen LogP contribution in [0.3, 0.4) is 0 Å². The van der Waals surface area contributed by atoms with Gasteiger partial charge in [0.15, 0.2) is 0 Å². The molecular formula is C7H8IN. The average Bonchev–Trinajstić information content (AvgIpc) is 1.99. The maximum absolute atomic E-state index is 2.29. The molecule has 0 saturated heterocycles. The molecule has 1 rings (SSSR count). The fourth-order valence-corrected chi connectivity index (χ4v) is 0.935. The van der Waals surface area contributed by atoms with Crippen molar-refractivity contribution in [2.24, 2.45) is 0 Å². The molecule has 0 aromatic heterocycles. The first-order valence-corrected chi connectivity index (χ1v) is 3.82. The molecule has 1 aliphatic heterocycles. The Kier molecular flexibility index (Phi) is 2.33. The lowest BCUT2D eigenvalue weighted by Gasteiger charge is -2.09. The van der Waals surface area contributed by atoms with E-state index in [4.69, 9.17) is 0 Å². The topological polar surface area (TPSA) is 3.24 Å². The van der Waals surface area contributed by atoms with Gasteiger partial charge < -0.3 is 4.90 Å². The van der Waals surface area contributed by atoms with E-state index in [1.165, 1.54) is 3.70 Å². The van der Waals surface area contributed by atoms with Crippen LogP contribution < -0.4 is 0 Å². The third-order valence-corrected chi connectivity index (χ3v) is 2.22. The Morgan fingerprint density at radius 2 is 2.11 bits per heavy atom. The number of halogens is 1. The molecule has 1 nitrogen and oxygen atoms in total. The van der Waals surface area contributed by atoms with E-state index in [9.17, 15) is 0 Å². The highest BCUT2D eigenvalue weighted by Crippen LogP contribution is 2.12. The Hall–Kier alpha value is -0.250. The molecule has 0 fully saturated rings. The first kappa shape index (κ1) is 6.86. The van der Waals surface area contributed by atoms with E-state index < -0.39 is 0 Å². The largest absolute Gasteiger partial charge is 0.346 e. The highest BCUT2D eigenvalue weighted by Gasteiger charge is 1.93. The first-order valence-electron chi connectivity index (χ1n) is 2.74. The van der Waals surface area contributed by atoms with Gasteiger partial charge >= 0.3 is 0 Å². The van der Waals surface area contributed by atoms with E-state index in [2.05, 4.69) is 33.6 Å². The van der Waals surface area contributed by atoms with Crippen LogP contribution >= 0.6 is 22.6 Å². The third-order valence-electron chi connectivity index (χ3n) is 1.10. The second-order valence-electron chi connectivity index (χ2n) is 1.83. The third kappa shape index (κ3) is 1.86. The van der Waals surface area contributed by atoms with Gasteiger partial charge in [0, 0.05) is 13.2 Å². The normalized spacial score (nSPS) is 17.6. The molecule has 0 unspecified atom stereocenters. The minimum Gasteiger partial charge on any atom is -0.346 e. The molecule has 0 spiro atoms. The second-order valence-corrected chi connectivity index (χ2v) is 2.93. The van der Waals surface area contributed by atoms with Crippen LogP contribution in [0.4, 0.5) is 0 Å². The lowest BCUT2D eigenvalue weighted by atomic mass is 10.5. The van der Waals surface area contributed by atoms with Crippen LogP contribution in [0.5, 0.6) is 0 Å². The van der Waals surface area contributed by atoms with Crippen LogP contribution in [-0.2, 0) is 0 Å². The van der Waals surface area contributed by atoms with Gasteiger partial charge in [0.2, 0.25) is 0 Å². The summed E-state index contributed by atoms with van der Waals surface area (Å²) in [4.78, 5) is 2.07. The van der Waals surface area contributed by atoms with Crippen molar-refractivity contribution in [3.63, 3.8) is 0 Å². The summed E-state index contributed by atoms with van der Waals surface area (Å²) in [5.41, 5.74) is 0. The number of hydrogen-bond acceptors (Lipinski definition) is 1. The zero-order valence-corrected chi connectivity index (χ0v) is 7.37. The molecule has 0 bridgehead atoms. The van der Waals surface area contributed by atoms with Gasteiger partial charge in [-0.25, -0.2) is 0 Å². The highest BCUT2D eigenvalue weighted by molar-refractivity contribution is 14.1. The van der Waals surface area contributed by atoms with Crippen molar-refractivity contribution in [1.29, 1.82) is 0 Å². The molecular weight excluding hydrogens is 225 g/mol. The van der Waals surface area contributed by atoms with Crippen LogP contribution in [0.1, 0.15) is 0 Å². The second kappa shape index (κ2) is 3.06. The molecule has 9 heavy (non-hydrogen) atoms. The van der Waals surface area contributed by atoms with Crippen LogP contribution in [0.15, 0.2) is 34.2 Å². The van der Waals surface area contributed by atoms with E-state index >= 15 is 0 Å². The van der Waals surface area contributed by atoms with E-state index in [1.54, 1.807) is 0 Å². The van der Waals surface area contributed by atoms with Gasteiger partial charge in [-0.05, 0) is 34.7 Å². The minimum absolute atomic E-state index is 1.23. The summed E-state index contributed by atoms with van der Waals surface area (Å²) < 4.78 is 1.23. The van der Waals surface area contributed by atoms with Gasteiger partial charge in [0.1, 0.15) is 0 Å². The Bertz CT molecular complexity index is 179. The van der Waals surface area contributed by atoms with Crippen molar-refractivity contribution in [3.8, 4) is 0 Å². The van der Waals surface area contributed by atoms with Crippen LogP contribution in [0.2, 0.25) is 0 Å². The minimum atomic E-state index is 1.23. The Labute approximate surface area is 68.9 Å². The zero-order valence-electron chi connectivity index (χ0n) is 5.21. The SMILES string of the molecule is CN1C=CC=CC=C1I. The van der Waals surface area contributed by atoms with Gasteiger partial charge in [-0.3, -0.25) is 0 Å². The van der Waals surface area contributed by atoms with Crippen molar-refractivity contribution in [3.05, 3.63) is 34.2 Å². The Balaban J connectivity index is 2.80.